The van der Waals surface area contributed by atoms with Crippen LogP contribution in [0.5, 0.6) is 5.75 Å². The van der Waals surface area contributed by atoms with Gasteiger partial charge in [0.05, 0.1) is 6.61 Å². The zero-order chi connectivity index (χ0) is 11.8. The number of ether oxygens (including phenoxy) is 1. The lowest BCUT2D eigenvalue weighted by Gasteiger charge is -2.06. The molecule has 0 spiro atoms. The van der Waals surface area contributed by atoms with Crippen LogP contribution in [0.15, 0.2) is 24.3 Å². The van der Waals surface area contributed by atoms with Crippen molar-refractivity contribution in [3.8, 4) is 5.75 Å². The van der Waals surface area contributed by atoms with Crippen molar-refractivity contribution in [3.63, 3.8) is 0 Å². The number of carbonyl (C=O) groups excluding carboxylic acids is 1. The highest BCUT2D eigenvalue weighted by Gasteiger charge is 2.03. The molecule has 0 atom stereocenters. The molecular formula is C12H19ClN2O2. The number of rotatable bonds is 6. The van der Waals surface area contributed by atoms with Crippen LogP contribution < -0.4 is 15.4 Å². The average Bonchev–Trinajstić information content (AvgIpc) is 2.30. The molecule has 0 heterocycles. The van der Waals surface area contributed by atoms with E-state index in [-0.39, 0.29) is 18.3 Å². The Hall–Kier alpha value is -1.26. The van der Waals surface area contributed by atoms with Crippen molar-refractivity contribution >= 4 is 18.3 Å². The molecule has 0 aliphatic heterocycles. The molecule has 4 nitrogen and oxygen atoms in total. The van der Waals surface area contributed by atoms with Crippen molar-refractivity contribution in [1.82, 2.24) is 10.6 Å². The fourth-order valence-corrected chi connectivity index (χ4v) is 1.27. The monoisotopic (exact) mass is 258 g/mol. The third kappa shape index (κ3) is 5.56. The minimum absolute atomic E-state index is 0. The minimum Gasteiger partial charge on any atom is -0.494 e. The summed E-state index contributed by atoms with van der Waals surface area (Å²) in [6.07, 6.45) is 0. The summed E-state index contributed by atoms with van der Waals surface area (Å²) >= 11 is 0. The van der Waals surface area contributed by atoms with E-state index >= 15 is 0 Å². The molecule has 5 heteroatoms. The highest BCUT2D eigenvalue weighted by Crippen LogP contribution is 2.11. The minimum atomic E-state index is -0.0571. The van der Waals surface area contributed by atoms with Gasteiger partial charge in [-0.3, -0.25) is 4.79 Å². The van der Waals surface area contributed by atoms with Crippen molar-refractivity contribution in [2.75, 3.05) is 26.7 Å². The van der Waals surface area contributed by atoms with Crippen LogP contribution in [-0.4, -0.2) is 32.7 Å². The van der Waals surface area contributed by atoms with Crippen LogP contribution in [-0.2, 0) is 0 Å². The van der Waals surface area contributed by atoms with E-state index in [2.05, 4.69) is 10.6 Å². The first-order valence-corrected chi connectivity index (χ1v) is 5.43. The van der Waals surface area contributed by atoms with E-state index in [0.717, 1.165) is 12.3 Å². The SMILES string of the molecule is CCOc1ccc(C(=O)NCCNC)cc1.Cl. The Morgan fingerprint density at radius 3 is 2.41 bits per heavy atom. The lowest BCUT2D eigenvalue weighted by molar-refractivity contribution is 0.0954. The summed E-state index contributed by atoms with van der Waals surface area (Å²) in [5.41, 5.74) is 0.652. The molecule has 0 saturated heterocycles. The standard InChI is InChI=1S/C12H18N2O2.ClH/c1-3-16-11-6-4-10(5-7-11)12(15)14-9-8-13-2;/h4-7,13H,3,8-9H2,1-2H3,(H,14,15);1H. The van der Waals surface area contributed by atoms with Gasteiger partial charge in [0, 0.05) is 18.7 Å². The van der Waals surface area contributed by atoms with Gasteiger partial charge >= 0.3 is 0 Å². The molecule has 1 aromatic rings. The molecule has 1 rings (SSSR count). The van der Waals surface area contributed by atoms with Crippen molar-refractivity contribution in [2.24, 2.45) is 0 Å². The lowest BCUT2D eigenvalue weighted by atomic mass is 10.2. The maximum Gasteiger partial charge on any atom is 0.251 e. The first kappa shape index (κ1) is 15.7. The summed E-state index contributed by atoms with van der Waals surface area (Å²) in [6, 6.07) is 7.13. The van der Waals surface area contributed by atoms with Gasteiger partial charge in [-0.1, -0.05) is 0 Å². The van der Waals surface area contributed by atoms with E-state index in [1.165, 1.54) is 0 Å². The maximum atomic E-state index is 11.6. The Balaban J connectivity index is 0.00000256. The Morgan fingerprint density at radius 1 is 1.24 bits per heavy atom. The molecule has 0 fully saturated rings. The van der Waals surface area contributed by atoms with Crippen LogP contribution in [0.1, 0.15) is 17.3 Å². The Bertz CT molecular complexity index is 328. The first-order chi connectivity index (χ1) is 7.77. The molecule has 2 N–H and O–H groups in total. The number of amides is 1. The molecule has 0 aliphatic rings. The van der Waals surface area contributed by atoms with E-state index < -0.39 is 0 Å². The summed E-state index contributed by atoms with van der Waals surface area (Å²) in [5.74, 6) is 0.729. The normalized spacial score (nSPS) is 9.29. The number of hydrogen-bond donors (Lipinski definition) is 2. The van der Waals surface area contributed by atoms with Crippen LogP contribution in [0.25, 0.3) is 0 Å². The van der Waals surface area contributed by atoms with Gasteiger partial charge < -0.3 is 15.4 Å². The number of benzene rings is 1. The second-order valence-electron chi connectivity index (χ2n) is 3.32. The van der Waals surface area contributed by atoms with Crippen LogP contribution >= 0.6 is 12.4 Å². The van der Waals surface area contributed by atoms with Gasteiger partial charge in [0.1, 0.15) is 5.75 Å². The van der Waals surface area contributed by atoms with Gasteiger partial charge in [-0.15, -0.1) is 12.4 Å². The summed E-state index contributed by atoms with van der Waals surface area (Å²) in [4.78, 5) is 11.6. The van der Waals surface area contributed by atoms with E-state index in [1.807, 2.05) is 14.0 Å². The predicted molar refractivity (Wildman–Crippen MR) is 71.1 cm³/mol. The zero-order valence-corrected chi connectivity index (χ0v) is 11.0. The van der Waals surface area contributed by atoms with Crippen LogP contribution in [0.4, 0.5) is 0 Å². The number of likely N-dealkylation sites (N-methyl/N-ethyl adjacent to an activating group) is 1. The van der Waals surface area contributed by atoms with Crippen LogP contribution in [0.3, 0.4) is 0 Å². The average molecular weight is 259 g/mol. The number of carbonyl (C=O) groups is 1. The van der Waals surface area contributed by atoms with Crippen molar-refractivity contribution in [3.05, 3.63) is 29.8 Å². The van der Waals surface area contributed by atoms with E-state index in [0.29, 0.717) is 18.7 Å². The first-order valence-electron chi connectivity index (χ1n) is 5.43. The van der Waals surface area contributed by atoms with Gasteiger partial charge in [0.2, 0.25) is 0 Å². The van der Waals surface area contributed by atoms with Gasteiger partial charge in [-0.25, -0.2) is 0 Å². The van der Waals surface area contributed by atoms with Crippen molar-refractivity contribution in [2.45, 2.75) is 6.92 Å². The van der Waals surface area contributed by atoms with Crippen LogP contribution in [0.2, 0.25) is 0 Å². The molecule has 0 unspecified atom stereocenters. The summed E-state index contributed by atoms with van der Waals surface area (Å²) in [5, 5.41) is 5.77. The number of halogens is 1. The molecule has 1 aromatic carbocycles. The highest BCUT2D eigenvalue weighted by atomic mass is 35.5. The molecule has 0 aliphatic carbocycles. The Kier molecular flexibility index (Phi) is 8.19. The third-order valence-electron chi connectivity index (χ3n) is 2.09. The third-order valence-corrected chi connectivity index (χ3v) is 2.09. The molecular weight excluding hydrogens is 240 g/mol. The quantitative estimate of drug-likeness (QED) is 0.760. The van der Waals surface area contributed by atoms with Gasteiger partial charge in [0.15, 0.2) is 0 Å². The summed E-state index contributed by atoms with van der Waals surface area (Å²) in [7, 11) is 1.85. The smallest absolute Gasteiger partial charge is 0.251 e. The Morgan fingerprint density at radius 2 is 1.88 bits per heavy atom. The fraction of sp³-hybridized carbons (Fsp3) is 0.417. The zero-order valence-electron chi connectivity index (χ0n) is 10.2. The van der Waals surface area contributed by atoms with Crippen LogP contribution in [0, 0.1) is 0 Å². The van der Waals surface area contributed by atoms with Crippen molar-refractivity contribution in [1.29, 1.82) is 0 Å². The van der Waals surface area contributed by atoms with E-state index in [1.54, 1.807) is 24.3 Å². The predicted octanol–water partition coefficient (Wildman–Crippen LogP) is 1.46. The van der Waals surface area contributed by atoms with E-state index in [9.17, 15) is 4.79 Å². The molecule has 1 amide bonds. The van der Waals surface area contributed by atoms with Crippen molar-refractivity contribution < 1.29 is 9.53 Å². The van der Waals surface area contributed by atoms with E-state index in [4.69, 9.17) is 4.74 Å². The highest BCUT2D eigenvalue weighted by molar-refractivity contribution is 5.94. The topological polar surface area (TPSA) is 50.4 Å². The number of nitrogens with one attached hydrogen (secondary N) is 2. The second-order valence-corrected chi connectivity index (χ2v) is 3.32. The van der Waals surface area contributed by atoms with Gasteiger partial charge in [-0.05, 0) is 38.2 Å². The second kappa shape index (κ2) is 8.84. The molecule has 0 aromatic heterocycles. The molecule has 96 valence electrons. The lowest BCUT2D eigenvalue weighted by Crippen LogP contribution is -2.30. The largest absolute Gasteiger partial charge is 0.494 e. The van der Waals surface area contributed by atoms with Gasteiger partial charge in [0.25, 0.3) is 5.91 Å². The number of hydrogen-bond acceptors (Lipinski definition) is 3. The molecule has 17 heavy (non-hydrogen) atoms. The Labute approximate surface area is 108 Å². The fourth-order valence-electron chi connectivity index (χ4n) is 1.27. The molecule has 0 radical (unpaired) electrons. The molecule has 0 bridgehead atoms. The van der Waals surface area contributed by atoms with Gasteiger partial charge in [-0.2, -0.15) is 0 Å². The molecule has 0 saturated carbocycles. The maximum absolute atomic E-state index is 11.6. The summed E-state index contributed by atoms with van der Waals surface area (Å²) in [6.45, 7) is 3.96. The summed E-state index contributed by atoms with van der Waals surface area (Å²) < 4.78 is 5.30.